The van der Waals surface area contributed by atoms with Crippen molar-refractivity contribution in [3.05, 3.63) is 57.6 Å². The van der Waals surface area contributed by atoms with E-state index in [2.05, 4.69) is 28.4 Å². The molecular weight excluding hydrogens is 580 g/mol. The first-order valence-corrected chi connectivity index (χ1v) is 14.8. The number of benzene rings is 2. The summed E-state index contributed by atoms with van der Waals surface area (Å²) in [7, 11) is 4.21. The van der Waals surface area contributed by atoms with E-state index in [4.69, 9.17) is 32.7 Å². The second-order valence-electron chi connectivity index (χ2n) is 9.42. The van der Waals surface area contributed by atoms with E-state index in [1.165, 1.54) is 4.31 Å². The van der Waals surface area contributed by atoms with E-state index in [-0.39, 0.29) is 30.8 Å². The predicted molar refractivity (Wildman–Crippen MR) is 159 cm³/mol. The first-order valence-electron chi connectivity index (χ1n) is 12.6. The molecule has 0 aromatic heterocycles. The highest BCUT2D eigenvalue weighted by Gasteiger charge is 2.32. The van der Waals surface area contributed by atoms with Crippen LogP contribution in [0.1, 0.15) is 29.8 Å². The first kappa shape index (κ1) is 31.5. The van der Waals surface area contributed by atoms with Crippen molar-refractivity contribution in [2.75, 3.05) is 46.5 Å². The van der Waals surface area contributed by atoms with Gasteiger partial charge in [-0.3, -0.25) is 18.7 Å². The van der Waals surface area contributed by atoms with Gasteiger partial charge in [-0.2, -0.15) is 0 Å². The fourth-order valence-corrected chi connectivity index (χ4v) is 5.36. The molecular formula is C27H34Cl2N3O5PS. The topological polar surface area (TPSA) is 88.2 Å². The molecule has 0 bridgehead atoms. The van der Waals surface area contributed by atoms with Crippen molar-refractivity contribution in [3.63, 3.8) is 0 Å². The summed E-state index contributed by atoms with van der Waals surface area (Å²) in [5.74, 6) is -0.535. The van der Waals surface area contributed by atoms with Gasteiger partial charge in [-0.05, 0) is 66.0 Å². The Kier molecular flexibility index (Phi) is 12.2. The predicted octanol–water partition coefficient (Wildman–Crippen LogP) is 4.57. The average Bonchev–Trinajstić information content (AvgIpc) is 3.03. The lowest BCUT2D eigenvalue weighted by Crippen LogP contribution is -2.40. The van der Waals surface area contributed by atoms with Gasteiger partial charge in [0, 0.05) is 29.6 Å². The van der Waals surface area contributed by atoms with Crippen molar-refractivity contribution in [3.8, 4) is 5.75 Å². The van der Waals surface area contributed by atoms with Gasteiger partial charge in [0.15, 0.2) is 0 Å². The standard InChI is InChI=1S/C24H25Cl2N3O5S.C3H9P/c1-33-21-5-2-17(25)11-15(21)10-16-13-27-22(30)14-29(23(16)31)35-18-3-4-20(26)19(12-18)24(32)28-6-8-34-9-7-28;1-3(2)4/h2-5,11-12,16H,6-10,13-14H2,1H3,(H,27,30);3H,4H2,1-2H3. The minimum atomic E-state index is -0.511. The summed E-state index contributed by atoms with van der Waals surface area (Å²) in [4.78, 5) is 41.1. The van der Waals surface area contributed by atoms with Crippen LogP contribution in [0.25, 0.3) is 0 Å². The number of rotatable bonds is 6. The number of hydrogen-bond donors (Lipinski definition) is 1. The van der Waals surface area contributed by atoms with Gasteiger partial charge >= 0.3 is 0 Å². The molecule has 1 N–H and O–H groups in total. The third-order valence-electron chi connectivity index (χ3n) is 5.82. The summed E-state index contributed by atoms with van der Waals surface area (Å²) in [6.45, 7) is 6.29. The largest absolute Gasteiger partial charge is 0.496 e. The van der Waals surface area contributed by atoms with Gasteiger partial charge in [-0.25, -0.2) is 0 Å². The molecule has 3 amide bonds. The molecule has 2 heterocycles. The molecule has 2 aliphatic heterocycles. The van der Waals surface area contributed by atoms with Crippen molar-refractivity contribution in [1.82, 2.24) is 14.5 Å². The molecule has 2 unspecified atom stereocenters. The number of ether oxygens (including phenoxy) is 2. The molecule has 212 valence electrons. The third-order valence-corrected chi connectivity index (χ3v) is 7.38. The van der Waals surface area contributed by atoms with Crippen molar-refractivity contribution < 1.29 is 23.9 Å². The SMILES string of the molecule is CC(C)P.COc1ccc(Cl)cc1CC1CNC(=O)CN(Sc2ccc(Cl)c(C(=O)N3CCOCC3)c2)C1=O. The summed E-state index contributed by atoms with van der Waals surface area (Å²) in [5, 5.41) is 3.68. The van der Waals surface area contributed by atoms with Gasteiger partial charge in [0.25, 0.3) is 5.91 Å². The normalized spacial score (nSPS) is 17.8. The van der Waals surface area contributed by atoms with Crippen LogP contribution in [0, 0.1) is 5.92 Å². The Hall–Kier alpha value is -2.03. The van der Waals surface area contributed by atoms with Crippen LogP contribution in [0.3, 0.4) is 0 Å². The Morgan fingerprint density at radius 3 is 2.54 bits per heavy atom. The monoisotopic (exact) mass is 613 g/mol. The van der Waals surface area contributed by atoms with Crippen molar-refractivity contribution in [2.45, 2.75) is 30.8 Å². The number of nitrogens with zero attached hydrogens (tertiary/aromatic N) is 2. The maximum absolute atomic E-state index is 13.4. The molecule has 0 saturated carbocycles. The molecule has 2 fully saturated rings. The molecule has 0 radical (unpaired) electrons. The molecule has 4 rings (SSSR count). The highest BCUT2D eigenvalue weighted by Crippen LogP contribution is 2.32. The quantitative estimate of drug-likeness (QED) is 0.379. The van der Waals surface area contributed by atoms with Crippen molar-refractivity contribution >= 4 is 62.1 Å². The van der Waals surface area contributed by atoms with Gasteiger partial charge in [-0.15, -0.1) is 9.24 Å². The zero-order valence-corrected chi connectivity index (χ0v) is 25.7. The molecule has 2 aromatic carbocycles. The highest BCUT2D eigenvalue weighted by molar-refractivity contribution is 7.97. The van der Waals surface area contributed by atoms with E-state index < -0.39 is 5.92 Å². The summed E-state index contributed by atoms with van der Waals surface area (Å²) in [6, 6.07) is 10.3. The van der Waals surface area contributed by atoms with Crippen molar-refractivity contribution in [1.29, 1.82) is 0 Å². The Morgan fingerprint density at radius 1 is 1.18 bits per heavy atom. The van der Waals surface area contributed by atoms with Gasteiger partial charge in [0.05, 0.1) is 36.8 Å². The van der Waals surface area contributed by atoms with Crippen LogP contribution in [0.15, 0.2) is 41.3 Å². The van der Waals surface area contributed by atoms with Crippen molar-refractivity contribution in [2.24, 2.45) is 5.92 Å². The summed E-state index contributed by atoms with van der Waals surface area (Å²) in [5.41, 5.74) is 1.88. The molecule has 12 heteroatoms. The Bertz CT molecular complexity index is 1180. The number of hydrogen-bond acceptors (Lipinski definition) is 6. The minimum absolute atomic E-state index is 0.109. The number of halogens is 2. The molecule has 8 nitrogen and oxygen atoms in total. The first-order chi connectivity index (χ1) is 18.6. The number of carbonyl (C=O) groups is 3. The zero-order valence-electron chi connectivity index (χ0n) is 22.2. The van der Waals surface area contributed by atoms with Crippen LogP contribution < -0.4 is 10.1 Å². The lowest BCUT2D eigenvalue weighted by molar-refractivity contribution is -0.131. The van der Waals surface area contributed by atoms with Crippen LogP contribution >= 0.6 is 44.4 Å². The highest BCUT2D eigenvalue weighted by atomic mass is 35.5. The number of amides is 3. The van der Waals surface area contributed by atoms with Gasteiger partial charge in [0.1, 0.15) is 12.3 Å². The number of nitrogens with one attached hydrogen (secondary N) is 1. The number of morpholine rings is 1. The lowest BCUT2D eigenvalue weighted by Gasteiger charge is -2.27. The van der Waals surface area contributed by atoms with E-state index in [9.17, 15) is 14.4 Å². The number of carbonyl (C=O) groups excluding carboxylic acids is 3. The number of methoxy groups -OCH3 is 1. The summed E-state index contributed by atoms with van der Waals surface area (Å²) in [6.07, 6.45) is 0.349. The Morgan fingerprint density at radius 2 is 1.87 bits per heavy atom. The minimum Gasteiger partial charge on any atom is -0.496 e. The van der Waals surface area contributed by atoms with E-state index in [1.807, 2.05) is 0 Å². The molecule has 0 aliphatic carbocycles. The van der Waals surface area contributed by atoms with E-state index >= 15 is 0 Å². The molecule has 39 heavy (non-hydrogen) atoms. The Balaban J connectivity index is 0.000000983. The van der Waals surface area contributed by atoms with E-state index in [1.54, 1.807) is 48.4 Å². The van der Waals surface area contributed by atoms with E-state index in [0.29, 0.717) is 59.0 Å². The molecule has 2 atom stereocenters. The second kappa shape index (κ2) is 15.1. The zero-order chi connectivity index (χ0) is 28.5. The van der Waals surface area contributed by atoms with Gasteiger partial charge in [-0.1, -0.05) is 37.0 Å². The summed E-state index contributed by atoms with van der Waals surface area (Å²) >= 11 is 13.6. The van der Waals surface area contributed by atoms with Crippen LogP contribution in [0.4, 0.5) is 0 Å². The Labute approximate surface area is 246 Å². The molecule has 0 spiro atoms. The van der Waals surface area contributed by atoms with Crippen LogP contribution in [-0.2, 0) is 20.7 Å². The van der Waals surface area contributed by atoms with Crippen LogP contribution in [-0.4, -0.2) is 79.1 Å². The fourth-order valence-electron chi connectivity index (χ4n) is 3.99. The maximum atomic E-state index is 13.4. The average molecular weight is 615 g/mol. The van der Waals surface area contributed by atoms with Gasteiger partial charge in [0.2, 0.25) is 11.8 Å². The van der Waals surface area contributed by atoms with Crippen LogP contribution in [0.2, 0.25) is 10.0 Å². The molecule has 2 aliphatic rings. The van der Waals surface area contributed by atoms with Gasteiger partial charge < -0.3 is 19.7 Å². The second-order valence-corrected chi connectivity index (χ2v) is 12.7. The molecule has 2 saturated heterocycles. The lowest BCUT2D eigenvalue weighted by atomic mass is 9.98. The van der Waals surface area contributed by atoms with Crippen LogP contribution in [0.5, 0.6) is 5.75 Å². The third kappa shape index (κ3) is 9.25. The smallest absolute Gasteiger partial charge is 0.255 e. The fraction of sp³-hybridized carbons (Fsp3) is 0.444. The molecule has 2 aromatic rings. The van der Waals surface area contributed by atoms with E-state index in [0.717, 1.165) is 23.2 Å². The maximum Gasteiger partial charge on any atom is 0.255 e. The summed E-state index contributed by atoms with van der Waals surface area (Å²) < 4.78 is 12.2.